The van der Waals surface area contributed by atoms with Gasteiger partial charge in [0.15, 0.2) is 0 Å². The van der Waals surface area contributed by atoms with Crippen molar-refractivity contribution in [1.82, 2.24) is 0 Å². The Morgan fingerprint density at radius 2 is 1.85 bits per heavy atom. The highest BCUT2D eigenvalue weighted by Gasteiger charge is 2.19. The average Bonchev–Trinajstić information content (AvgIpc) is 2.63. The summed E-state index contributed by atoms with van der Waals surface area (Å²) in [5, 5.41) is 0. The summed E-state index contributed by atoms with van der Waals surface area (Å²) in [5.41, 5.74) is 7.88. The van der Waals surface area contributed by atoms with Crippen molar-refractivity contribution in [2.45, 2.75) is 52.4 Å². The predicted octanol–water partition coefficient (Wildman–Crippen LogP) is 4.56. The number of rotatable bonds is 7. The van der Waals surface area contributed by atoms with Crippen LogP contribution in [-0.2, 0) is 16.4 Å². The molecule has 0 spiro atoms. The maximum absolute atomic E-state index is 12.3. The molecule has 0 aliphatic rings. The molecule has 2 aromatic rings. The van der Waals surface area contributed by atoms with E-state index < -0.39 is 11.6 Å². The van der Waals surface area contributed by atoms with Crippen molar-refractivity contribution in [2.75, 3.05) is 0 Å². The number of hydrogen-bond donors (Lipinski definition) is 1. The Morgan fingerprint density at radius 1 is 1.12 bits per heavy atom. The van der Waals surface area contributed by atoms with Crippen molar-refractivity contribution >= 4 is 5.97 Å². The minimum atomic E-state index is -0.586. The highest BCUT2D eigenvalue weighted by molar-refractivity contribution is 5.92. The molecule has 0 radical (unpaired) electrons. The van der Waals surface area contributed by atoms with Crippen LogP contribution in [0, 0.1) is 0 Å². The van der Waals surface area contributed by atoms with Gasteiger partial charge < -0.3 is 10.5 Å². The zero-order valence-corrected chi connectivity index (χ0v) is 15.8. The lowest BCUT2D eigenvalue weighted by molar-refractivity contribution is -0.301. The van der Waals surface area contributed by atoms with Gasteiger partial charge in [-0.15, -0.1) is 0 Å². The molecule has 1 atom stereocenters. The lowest BCUT2D eigenvalue weighted by Gasteiger charge is -2.17. The molecule has 2 aromatic carbocycles. The Hall–Kier alpha value is -2.37. The van der Waals surface area contributed by atoms with Gasteiger partial charge in [-0.3, -0.25) is 4.89 Å². The van der Waals surface area contributed by atoms with Gasteiger partial charge in [-0.2, -0.15) is 4.89 Å². The maximum atomic E-state index is 12.3. The predicted molar refractivity (Wildman–Crippen MR) is 101 cm³/mol. The van der Waals surface area contributed by atoms with E-state index in [4.69, 9.17) is 20.2 Å². The second-order valence-corrected chi connectivity index (χ2v) is 7.11. The van der Waals surface area contributed by atoms with E-state index in [9.17, 15) is 4.79 Å². The molecule has 2 N–H and O–H groups in total. The molecule has 0 aliphatic carbocycles. The van der Waals surface area contributed by atoms with Gasteiger partial charge in [0.2, 0.25) is 0 Å². The van der Waals surface area contributed by atoms with E-state index in [1.165, 1.54) is 0 Å². The monoisotopic (exact) mass is 357 g/mol. The van der Waals surface area contributed by atoms with Gasteiger partial charge >= 0.3 is 5.97 Å². The van der Waals surface area contributed by atoms with Crippen LogP contribution in [-0.4, -0.2) is 11.6 Å². The quantitative estimate of drug-likeness (QED) is 0.581. The maximum Gasteiger partial charge on any atom is 0.376 e. The van der Waals surface area contributed by atoms with Gasteiger partial charge in [-0.25, -0.2) is 4.79 Å². The largest absolute Gasteiger partial charge is 0.488 e. The van der Waals surface area contributed by atoms with Crippen molar-refractivity contribution < 1.29 is 19.3 Å². The van der Waals surface area contributed by atoms with Crippen LogP contribution in [0.2, 0.25) is 0 Å². The standard InChI is InChI=1S/C21H27NO4/c1-5-18(22)16-10-8-9-15(13-16)14-24-19-12-7-6-11-17(19)20(23)25-26-21(2,3)4/h6-13,18H,5,14,22H2,1-4H3. The van der Waals surface area contributed by atoms with Crippen molar-refractivity contribution in [3.8, 4) is 5.75 Å². The van der Waals surface area contributed by atoms with E-state index in [-0.39, 0.29) is 6.04 Å². The van der Waals surface area contributed by atoms with Gasteiger partial charge in [-0.1, -0.05) is 43.3 Å². The number of carbonyl (C=O) groups is 1. The van der Waals surface area contributed by atoms with Crippen LogP contribution in [0.4, 0.5) is 0 Å². The molecule has 5 nitrogen and oxygen atoms in total. The summed E-state index contributed by atoms with van der Waals surface area (Å²) < 4.78 is 5.85. The SMILES string of the molecule is CCC(N)c1cccc(COc2ccccc2C(=O)OOC(C)(C)C)c1. The minimum Gasteiger partial charge on any atom is -0.488 e. The van der Waals surface area contributed by atoms with Crippen molar-refractivity contribution in [1.29, 1.82) is 0 Å². The molecular formula is C21H27NO4. The summed E-state index contributed by atoms with van der Waals surface area (Å²) in [7, 11) is 0. The first-order valence-electron chi connectivity index (χ1n) is 8.76. The summed E-state index contributed by atoms with van der Waals surface area (Å²) in [4.78, 5) is 22.3. The molecule has 0 heterocycles. The number of ether oxygens (including phenoxy) is 1. The number of carbonyl (C=O) groups excluding carboxylic acids is 1. The zero-order chi connectivity index (χ0) is 19.2. The van der Waals surface area contributed by atoms with Gasteiger partial charge in [-0.05, 0) is 50.5 Å². The van der Waals surface area contributed by atoms with Gasteiger partial charge in [0.1, 0.15) is 23.5 Å². The average molecular weight is 357 g/mol. The fourth-order valence-electron chi connectivity index (χ4n) is 2.28. The van der Waals surface area contributed by atoms with E-state index in [0.29, 0.717) is 17.9 Å². The van der Waals surface area contributed by atoms with Crippen molar-refractivity contribution in [3.63, 3.8) is 0 Å². The normalized spacial score (nSPS) is 12.5. The van der Waals surface area contributed by atoms with Crippen molar-refractivity contribution in [3.05, 3.63) is 65.2 Å². The van der Waals surface area contributed by atoms with E-state index in [2.05, 4.69) is 6.92 Å². The molecule has 0 fully saturated rings. The second kappa shape index (κ2) is 8.83. The van der Waals surface area contributed by atoms with E-state index in [1.807, 2.05) is 24.3 Å². The fourth-order valence-corrected chi connectivity index (χ4v) is 2.28. The highest BCUT2D eigenvalue weighted by Crippen LogP contribution is 2.22. The third-order valence-corrected chi connectivity index (χ3v) is 3.69. The lowest BCUT2D eigenvalue weighted by Crippen LogP contribution is -2.22. The summed E-state index contributed by atoms with van der Waals surface area (Å²) in [5.74, 6) is -0.141. The molecule has 0 saturated heterocycles. The van der Waals surface area contributed by atoms with Crippen LogP contribution in [0.5, 0.6) is 5.75 Å². The fraction of sp³-hybridized carbons (Fsp3) is 0.381. The Morgan fingerprint density at radius 3 is 2.54 bits per heavy atom. The number of benzene rings is 2. The highest BCUT2D eigenvalue weighted by atomic mass is 17.2. The van der Waals surface area contributed by atoms with Crippen LogP contribution < -0.4 is 10.5 Å². The van der Waals surface area contributed by atoms with Crippen LogP contribution >= 0.6 is 0 Å². The molecule has 5 heteroatoms. The Labute approximate surface area is 155 Å². The van der Waals surface area contributed by atoms with Crippen LogP contribution in [0.3, 0.4) is 0 Å². The third kappa shape index (κ3) is 5.86. The number of para-hydroxylation sites is 1. The Kier molecular flexibility index (Phi) is 6.77. The smallest absolute Gasteiger partial charge is 0.376 e. The molecule has 0 saturated carbocycles. The number of hydrogen-bond acceptors (Lipinski definition) is 5. The Bertz CT molecular complexity index is 737. The van der Waals surface area contributed by atoms with Gasteiger partial charge in [0.05, 0.1) is 0 Å². The number of nitrogens with two attached hydrogens (primary N) is 1. The summed E-state index contributed by atoms with van der Waals surface area (Å²) in [6, 6.07) is 14.9. The minimum absolute atomic E-state index is 0.00626. The first-order chi connectivity index (χ1) is 12.3. The van der Waals surface area contributed by atoms with E-state index >= 15 is 0 Å². The molecule has 1 unspecified atom stereocenters. The first-order valence-corrected chi connectivity index (χ1v) is 8.76. The molecule has 2 rings (SSSR count). The summed E-state index contributed by atoms with van der Waals surface area (Å²) in [6.07, 6.45) is 0.868. The first kappa shape index (κ1) is 19.9. The zero-order valence-electron chi connectivity index (χ0n) is 15.8. The van der Waals surface area contributed by atoms with Crippen LogP contribution in [0.25, 0.3) is 0 Å². The molecule has 0 amide bonds. The van der Waals surface area contributed by atoms with Crippen molar-refractivity contribution in [2.24, 2.45) is 5.73 Å². The molecule has 0 bridgehead atoms. The topological polar surface area (TPSA) is 70.8 Å². The van der Waals surface area contributed by atoms with Crippen LogP contribution in [0.15, 0.2) is 48.5 Å². The molecule has 0 aromatic heterocycles. The van der Waals surface area contributed by atoms with E-state index in [1.54, 1.807) is 45.0 Å². The van der Waals surface area contributed by atoms with E-state index in [0.717, 1.165) is 17.5 Å². The van der Waals surface area contributed by atoms with Crippen LogP contribution in [0.1, 0.15) is 61.6 Å². The van der Waals surface area contributed by atoms with Gasteiger partial charge in [0.25, 0.3) is 0 Å². The molecule has 0 aliphatic heterocycles. The summed E-state index contributed by atoms with van der Waals surface area (Å²) in [6.45, 7) is 7.79. The lowest BCUT2D eigenvalue weighted by atomic mass is 10.0. The Balaban J connectivity index is 2.08. The molecular weight excluding hydrogens is 330 g/mol. The molecule has 26 heavy (non-hydrogen) atoms. The summed E-state index contributed by atoms with van der Waals surface area (Å²) >= 11 is 0. The molecule has 140 valence electrons. The third-order valence-electron chi connectivity index (χ3n) is 3.69. The second-order valence-electron chi connectivity index (χ2n) is 7.11. The van der Waals surface area contributed by atoms with Gasteiger partial charge in [0, 0.05) is 6.04 Å².